The molecule has 0 spiro atoms. The van der Waals surface area contributed by atoms with Gasteiger partial charge in [-0.3, -0.25) is 4.79 Å². The molecule has 1 heterocycles. The number of carboxylic acid groups (broad SMARTS) is 1. The Labute approximate surface area is 87.8 Å². The van der Waals surface area contributed by atoms with Crippen molar-refractivity contribution in [2.45, 2.75) is 37.8 Å². The Kier molecular flexibility index (Phi) is 2.42. The topological polar surface area (TPSA) is 78.9 Å². The molecule has 2 N–H and O–H groups in total. The summed E-state index contributed by atoms with van der Waals surface area (Å²) in [6, 6.07) is -0.595. The molecule has 1 amide bonds. The molecule has 5 heteroatoms. The lowest BCUT2D eigenvalue weighted by atomic mass is 9.96. The highest BCUT2D eigenvalue weighted by Gasteiger charge is 2.50. The Hall–Kier alpha value is -1.10. The van der Waals surface area contributed by atoms with E-state index in [2.05, 4.69) is 5.32 Å². The number of ether oxygens (including phenoxy) is 1. The van der Waals surface area contributed by atoms with E-state index in [0.717, 1.165) is 12.8 Å². The molecule has 2 rings (SSSR count). The summed E-state index contributed by atoms with van der Waals surface area (Å²) in [5.74, 6) is 0.380. The minimum Gasteiger partial charge on any atom is -0.465 e. The lowest BCUT2D eigenvalue weighted by Crippen LogP contribution is -2.45. The van der Waals surface area contributed by atoms with Crippen LogP contribution in [-0.4, -0.2) is 35.2 Å². The van der Waals surface area contributed by atoms with Gasteiger partial charge in [-0.2, -0.15) is 0 Å². The SMILES string of the molecule is C[C@@]1(C(=O)[C@H](CC2CC2)NC(=O)O)CO1. The zero-order valence-corrected chi connectivity index (χ0v) is 8.66. The van der Waals surface area contributed by atoms with Crippen LogP contribution in [0, 0.1) is 5.92 Å². The predicted molar refractivity (Wildman–Crippen MR) is 51.7 cm³/mol. The molecule has 2 aliphatic rings. The molecule has 84 valence electrons. The monoisotopic (exact) mass is 213 g/mol. The zero-order chi connectivity index (χ0) is 11.1. The lowest BCUT2D eigenvalue weighted by Gasteiger charge is -2.17. The minimum absolute atomic E-state index is 0.128. The van der Waals surface area contributed by atoms with Gasteiger partial charge in [-0.1, -0.05) is 12.8 Å². The largest absolute Gasteiger partial charge is 0.465 e. The van der Waals surface area contributed by atoms with Gasteiger partial charge in [-0.05, 0) is 19.3 Å². The number of hydrogen-bond acceptors (Lipinski definition) is 3. The molecule has 1 saturated heterocycles. The number of rotatable bonds is 5. The molecule has 2 fully saturated rings. The second-order valence-electron chi connectivity index (χ2n) is 4.56. The van der Waals surface area contributed by atoms with Crippen LogP contribution in [0.15, 0.2) is 0 Å². The van der Waals surface area contributed by atoms with E-state index in [1.165, 1.54) is 0 Å². The molecule has 1 saturated carbocycles. The van der Waals surface area contributed by atoms with Gasteiger partial charge in [0.25, 0.3) is 0 Å². The Morgan fingerprint density at radius 3 is 2.60 bits per heavy atom. The summed E-state index contributed by atoms with van der Waals surface area (Å²) < 4.78 is 5.04. The van der Waals surface area contributed by atoms with Gasteiger partial charge >= 0.3 is 6.09 Å². The van der Waals surface area contributed by atoms with Crippen LogP contribution in [0.3, 0.4) is 0 Å². The van der Waals surface area contributed by atoms with Gasteiger partial charge in [0, 0.05) is 0 Å². The van der Waals surface area contributed by atoms with E-state index in [1.54, 1.807) is 6.92 Å². The van der Waals surface area contributed by atoms with Crippen LogP contribution >= 0.6 is 0 Å². The molecule has 5 nitrogen and oxygen atoms in total. The van der Waals surface area contributed by atoms with E-state index < -0.39 is 17.7 Å². The van der Waals surface area contributed by atoms with Crippen LogP contribution in [0.5, 0.6) is 0 Å². The third-order valence-corrected chi connectivity index (χ3v) is 2.98. The quantitative estimate of drug-likeness (QED) is 0.661. The summed E-state index contributed by atoms with van der Waals surface area (Å²) in [5.41, 5.74) is -0.734. The second kappa shape index (κ2) is 3.48. The zero-order valence-electron chi connectivity index (χ0n) is 8.66. The van der Waals surface area contributed by atoms with Gasteiger partial charge < -0.3 is 15.2 Å². The van der Waals surface area contributed by atoms with Crippen molar-refractivity contribution >= 4 is 11.9 Å². The summed E-state index contributed by atoms with van der Waals surface area (Å²) in [4.78, 5) is 22.4. The predicted octanol–water partition coefficient (Wildman–Crippen LogP) is 0.781. The van der Waals surface area contributed by atoms with Crippen molar-refractivity contribution in [3.05, 3.63) is 0 Å². The van der Waals surface area contributed by atoms with E-state index in [1.807, 2.05) is 0 Å². The average molecular weight is 213 g/mol. The number of carbonyl (C=O) groups is 2. The number of amides is 1. The second-order valence-corrected chi connectivity index (χ2v) is 4.56. The Morgan fingerprint density at radius 2 is 2.20 bits per heavy atom. The first-order valence-electron chi connectivity index (χ1n) is 5.19. The molecule has 0 aromatic carbocycles. The third-order valence-electron chi connectivity index (χ3n) is 2.98. The molecule has 1 aliphatic heterocycles. The lowest BCUT2D eigenvalue weighted by molar-refractivity contribution is -0.125. The van der Waals surface area contributed by atoms with Crippen LogP contribution < -0.4 is 5.32 Å². The molecule has 0 aromatic heterocycles. The fourth-order valence-electron chi connectivity index (χ4n) is 1.69. The molecule has 0 unspecified atom stereocenters. The summed E-state index contributed by atoms with van der Waals surface area (Å²) >= 11 is 0. The fraction of sp³-hybridized carbons (Fsp3) is 0.800. The summed E-state index contributed by atoms with van der Waals surface area (Å²) in [7, 11) is 0. The van der Waals surface area contributed by atoms with Gasteiger partial charge in [0.05, 0.1) is 12.6 Å². The van der Waals surface area contributed by atoms with Gasteiger partial charge in [-0.25, -0.2) is 4.79 Å². The number of Topliss-reactive ketones (excluding diaryl/α,β-unsaturated/α-hetero) is 1. The highest BCUT2D eigenvalue weighted by molar-refractivity contribution is 5.95. The number of epoxide rings is 1. The number of nitrogens with one attached hydrogen (secondary N) is 1. The van der Waals surface area contributed by atoms with E-state index in [9.17, 15) is 9.59 Å². The summed E-state index contributed by atoms with van der Waals surface area (Å²) in [5, 5.41) is 10.9. The van der Waals surface area contributed by atoms with Crippen molar-refractivity contribution in [3.63, 3.8) is 0 Å². The number of hydrogen-bond donors (Lipinski definition) is 2. The van der Waals surface area contributed by atoms with Crippen molar-refractivity contribution in [2.24, 2.45) is 5.92 Å². The number of carbonyl (C=O) groups excluding carboxylic acids is 1. The first-order chi connectivity index (χ1) is 7.01. The first-order valence-corrected chi connectivity index (χ1v) is 5.19. The van der Waals surface area contributed by atoms with E-state index in [4.69, 9.17) is 9.84 Å². The third kappa shape index (κ3) is 2.47. The minimum atomic E-state index is -1.14. The molecular weight excluding hydrogens is 198 g/mol. The molecule has 0 bridgehead atoms. The molecular formula is C10H15NO4. The van der Waals surface area contributed by atoms with Crippen molar-refractivity contribution in [2.75, 3.05) is 6.61 Å². The van der Waals surface area contributed by atoms with Crippen molar-refractivity contribution in [1.29, 1.82) is 0 Å². The highest BCUT2D eigenvalue weighted by Crippen LogP contribution is 2.36. The fourth-order valence-corrected chi connectivity index (χ4v) is 1.69. The molecule has 15 heavy (non-hydrogen) atoms. The van der Waals surface area contributed by atoms with Crippen LogP contribution in [0.2, 0.25) is 0 Å². The standard InChI is InChI=1S/C10H15NO4/c1-10(5-15-10)8(12)7(11-9(13)14)4-6-2-3-6/h6-7,11H,2-5H2,1H3,(H,13,14)/t7-,10-/m0/s1. The maximum Gasteiger partial charge on any atom is 0.405 e. The van der Waals surface area contributed by atoms with E-state index in [-0.39, 0.29) is 5.78 Å². The van der Waals surface area contributed by atoms with Crippen molar-refractivity contribution in [1.82, 2.24) is 5.32 Å². The van der Waals surface area contributed by atoms with Crippen LogP contribution in [0.25, 0.3) is 0 Å². The van der Waals surface area contributed by atoms with Gasteiger partial charge in [0.2, 0.25) is 0 Å². The highest BCUT2D eigenvalue weighted by atomic mass is 16.6. The van der Waals surface area contributed by atoms with Gasteiger partial charge in [-0.15, -0.1) is 0 Å². The number of ketones is 1. The molecule has 0 aromatic rings. The Morgan fingerprint density at radius 1 is 1.60 bits per heavy atom. The van der Waals surface area contributed by atoms with Gasteiger partial charge in [0.1, 0.15) is 5.60 Å². The first kappa shape index (κ1) is 10.4. The molecule has 1 aliphatic carbocycles. The summed E-state index contributed by atoms with van der Waals surface area (Å²) in [6.45, 7) is 2.12. The maximum atomic E-state index is 11.9. The van der Waals surface area contributed by atoms with Crippen molar-refractivity contribution < 1.29 is 19.4 Å². The molecule has 0 radical (unpaired) electrons. The molecule has 2 atom stereocenters. The van der Waals surface area contributed by atoms with Crippen LogP contribution in [0.4, 0.5) is 4.79 Å². The normalized spacial score (nSPS) is 30.7. The van der Waals surface area contributed by atoms with Crippen LogP contribution in [0.1, 0.15) is 26.2 Å². The maximum absolute atomic E-state index is 11.9. The van der Waals surface area contributed by atoms with Crippen LogP contribution in [-0.2, 0) is 9.53 Å². The summed E-state index contributed by atoms with van der Waals surface area (Å²) in [6.07, 6.45) is 1.67. The van der Waals surface area contributed by atoms with Gasteiger partial charge in [0.15, 0.2) is 5.78 Å². The van der Waals surface area contributed by atoms with Crippen molar-refractivity contribution in [3.8, 4) is 0 Å². The average Bonchev–Trinajstić information content (AvgIpc) is 3.01. The Balaban J connectivity index is 1.96. The van der Waals surface area contributed by atoms with E-state index >= 15 is 0 Å². The van der Waals surface area contributed by atoms with E-state index in [0.29, 0.717) is 18.9 Å². The smallest absolute Gasteiger partial charge is 0.405 e. The Bertz CT molecular complexity index is 294.